The minimum atomic E-state index is -0.613. The van der Waals surface area contributed by atoms with Gasteiger partial charge in [0.2, 0.25) is 0 Å². The molecule has 1 saturated carbocycles. The molecule has 0 bridgehead atoms. The van der Waals surface area contributed by atoms with Crippen LogP contribution in [0.2, 0.25) is 0 Å². The Hall–Kier alpha value is -0.350. The molecular formula is C16H23BrO2S. The minimum Gasteiger partial charge on any atom is -0.481 e. The Morgan fingerprint density at radius 1 is 1.45 bits per heavy atom. The van der Waals surface area contributed by atoms with Crippen LogP contribution in [0.4, 0.5) is 0 Å². The van der Waals surface area contributed by atoms with Gasteiger partial charge in [-0.1, -0.05) is 20.8 Å². The Kier molecular flexibility index (Phi) is 4.96. The van der Waals surface area contributed by atoms with E-state index in [9.17, 15) is 9.90 Å². The van der Waals surface area contributed by atoms with Gasteiger partial charge in [0.1, 0.15) is 0 Å². The lowest BCUT2D eigenvalue weighted by Gasteiger charge is -2.40. The third kappa shape index (κ3) is 3.85. The maximum Gasteiger partial charge on any atom is 0.306 e. The largest absolute Gasteiger partial charge is 0.481 e. The Balaban J connectivity index is 2.12. The van der Waals surface area contributed by atoms with E-state index in [1.54, 1.807) is 11.3 Å². The summed E-state index contributed by atoms with van der Waals surface area (Å²) in [5, 5.41) is 11.6. The zero-order valence-electron chi connectivity index (χ0n) is 12.4. The number of hydrogen-bond acceptors (Lipinski definition) is 2. The van der Waals surface area contributed by atoms with E-state index in [2.05, 4.69) is 48.1 Å². The second-order valence-corrected chi connectivity index (χ2v) is 8.93. The first-order valence-electron chi connectivity index (χ1n) is 7.23. The van der Waals surface area contributed by atoms with Gasteiger partial charge in [0.05, 0.1) is 5.92 Å². The minimum absolute atomic E-state index is 0.172. The summed E-state index contributed by atoms with van der Waals surface area (Å²) in [6, 6.07) is 2.13. The van der Waals surface area contributed by atoms with Crippen LogP contribution in [0.3, 0.4) is 0 Å². The Bertz CT molecular complexity index is 475. The van der Waals surface area contributed by atoms with Gasteiger partial charge in [-0.2, -0.15) is 0 Å². The van der Waals surface area contributed by atoms with Gasteiger partial charge in [0.15, 0.2) is 0 Å². The molecule has 1 aromatic rings. The van der Waals surface area contributed by atoms with Crippen LogP contribution in [-0.2, 0) is 11.2 Å². The first-order chi connectivity index (χ1) is 9.27. The molecule has 0 amide bonds. The van der Waals surface area contributed by atoms with Crippen molar-refractivity contribution in [1.29, 1.82) is 0 Å². The summed E-state index contributed by atoms with van der Waals surface area (Å²) < 4.78 is 1.10. The lowest BCUT2D eigenvalue weighted by Crippen LogP contribution is -2.36. The van der Waals surface area contributed by atoms with Crippen molar-refractivity contribution in [2.75, 3.05) is 0 Å². The van der Waals surface area contributed by atoms with Gasteiger partial charge in [-0.25, -0.2) is 0 Å². The zero-order chi connectivity index (χ0) is 14.9. The van der Waals surface area contributed by atoms with Crippen LogP contribution in [0, 0.1) is 23.2 Å². The molecule has 0 aromatic carbocycles. The van der Waals surface area contributed by atoms with Crippen molar-refractivity contribution in [2.24, 2.45) is 23.2 Å². The molecule has 1 aliphatic carbocycles. The van der Waals surface area contributed by atoms with E-state index in [0.717, 1.165) is 30.2 Å². The smallest absolute Gasteiger partial charge is 0.306 e. The third-order valence-electron chi connectivity index (χ3n) is 4.61. The van der Waals surface area contributed by atoms with Gasteiger partial charge in [0, 0.05) is 14.7 Å². The first kappa shape index (κ1) is 16.0. The van der Waals surface area contributed by atoms with Crippen molar-refractivity contribution in [3.05, 3.63) is 20.8 Å². The lowest BCUT2D eigenvalue weighted by atomic mass is 9.65. The van der Waals surface area contributed by atoms with Crippen molar-refractivity contribution < 1.29 is 9.90 Å². The third-order valence-corrected chi connectivity index (χ3v) is 6.33. The van der Waals surface area contributed by atoms with Crippen LogP contribution >= 0.6 is 27.3 Å². The molecule has 2 rings (SSSR count). The van der Waals surface area contributed by atoms with Crippen LogP contribution in [0.1, 0.15) is 44.9 Å². The zero-order valence-corrected chi connectivity index (χ0v) is 14.8. The summed E-state index contributed by atoms with van der Waals surface area (Å²) >= 11 is 5.20. The van der Waals surface area contributed by atoms with Crippen molar-refractivity contribution >= 4 is 33.2 Å². The molecule has 1 heterocycles. The highest BCUT2D eigenvalue weighted by Crippen LogP contribution is 2.44. The number of aliphatic carboxylic acids is 1. The van der Waals surface area contributed by atoms with Gasteiger partial charge in [-0.05, 0) is 64.9 Å². The van der Waals surface area contributed by atoms with E-state index >= 15 is 0 Å². The molecular weight excluding hydrogens is 336 g/mol. The van der Waals surface area contributed by atoms with Gasteiger partial charge >= 0.3 is 5.97 Å². The van der Waals surface area contributed by atoms with Gasteiger partial charge in [-0.3, -0.25) is 4.79 Å². The van der Waals surface area contributed by atoms with E-state index in [1.165, 1.54) is 4.88 Å². The molecule has 1 aromatic heterocycles. The monoisotopic (exact) mass is 358 g/mol. The van der Waals surface area contributed by atoms with Crippen molar-refractivity contribution in [2.45, 2.75) is 46.5 Å². The highest BCUT2D eigenvalue weighted by atomic mass is 79.9. The molecule has 4 heteroatoms. The van der Waals surface area contributed by atoms with Crippen LogP contribution < -0.4 is 0 Å². The average molecular weight is 359 g/mol. The second kappa shape index (κ2) is 6.18. The molecule has 1 aliphatic rings. The molecule has 0 aliphatic heterocycles. The summed E-state index contributed by atoms with van der Waals surface area (Å²) in [5.41, 5.74) is 0.276. The van der Waals surface area contributed by atoms with Crippen LogP contribution in [0.15, 0.2) is 15.9 Å². The predicted molar refractivity (Wildman–Crippen MR) is 87.1 cm³/mol. The molecule has 0 saturated heterocycles. The normalized spacial score (nSPS) is 27.5. The fourth-order valence-electron chi connectivity index (χ4n) is 3.32. The predicted octanol–water partition coefficient (Wildman–Crippen LogP) is 5.22. The fourth-order valence-corrected chi connectivity index (χ4v) is 4.87. The maximum atomic E-state index is 11.5. The van der Waals surface area contributed by atoms with E-state index in [-0.39, 0.29) is 17.3 Å². The van der Waals surface area contributed by atoms with Crippen LogP contribution in [0.5, 0.6) is 0 Å². The van der Waals surface area contributed by atoms with Crippen molar-refractivity contribution in [3.8, 4) is 0 Å². The summed E-state index contributed by atoms with van der Waals surface area (Å²) in [5.74, 6) is 0.120. The number of carboxylic acid groups (broad SMARTS) is 1. The SMILES string of the molecule is CC(C)(C)C1CCC(C(=O)O)C(Cc2cc(Br)cs2)C1. The summed E-state index contributed by atoms with van der Waals surface area (Å²) in [6.07, 6.45) is 3.81. The average Bonchev–Trinajstić information content (AvgIpc) is 2.73. The molecule has 0 radical (unpaired) electrons. The summed E-state index contributed by atoms with van der Waals surface area (Å²) in [7, 11) is 0. The van der Waals surface area contributed by atoms with Gasteiger partial charge < -0.3 is 5.11 Å². The van der Waals surface area contributed by atoms with E-state index in [4.69, 9.17) is 0 Å². The molecule has 3 unspecified atom stereocenters. The fraction of sp³-hybridized carbons (Fsp3) is 0.688. The number of carbonyl (C=O) groups is 1. The number of thiophene rings is 1. The lowest BCUT2D eigenvalue weighted by molar-refractivity contribution is -0.146. The second-order valence-electron chi connectivity index (χ2n) is 7.02. The first-order valence-corrected chi connectivity index (χ1v) is 8.90. The number of carboxylic acids is 1. The van der Waals surface area contributed by atoms with E-state index in [1.807, 2.05) is 0 Å². The number of hydrogen-bond donors (Lipinski definition) is 1. The maximum absolute atomic E-state index is 11.5. The molecule has 112 valence electrons. The van der Waals surface area contributed by atoms with Crippen LogP contribution in [-0.4, -0.2) is 11.1 Å². The number of rotatable bonds is 3. The van der Waals surface area contributed by atoms with Gasteiger partial charge in [-0.15, -0.1) is 11.3 Å². The molecule has 1 N–H and O–H groups in total. The molecule has 3 atom stereocenters. The molecule has 2 nitrogen and oxygen atoms in total. The van der Waals surface area contributed by atoms with E-state index in [0.29, 0.717) is 5.92 Å². The quantitative estimate of drug-likeness (QED) is 0.804. The number of halogens is 1. The highest BCUT2D eigenvalue weighted by Gasteiger charge is 2.39. The topological polar surface area (TPSA) is 37.3 Å². The Morgan fingerprint density at radius 3 is 2.65 bits per heavy atom. The highest BCUT2D eigenvalue weighted by molar-refractivity contribution is 9.10. The van der Waals surface area contributed by atoms with Crippen molar-refractivity contribution in [1.82, 2.24) is 0 Å². The summed E-state index contributed by atoms with van der Waals surface area (Å²) in [6.45, 7) is 6.83. The van der Waals surface area contributed by atoms with E-state index < -0.39 is 5.97 Å². The molecule has 1 fully saturated rings. The Morgan fingerprint density at radius 2 is 2.15 bits per heavy atom. The molecule has 0 spiro atoms. The standard InChI is InChI=1S/C16H23BrO2S/c1-16(2,3)11-4-5-14(15(18)19)10(6-11)7-13-8-12(17)9-20-13/h8-11,14H,4-7H2,1-3H3,(H,18,19). The Labute approximate surface area is 133 Å². The summed E-state index contributed by atoms with van der Waals surface area (Å²) in [4.78, 5) is 12.8. The van der Waals surface area contributed by atoms with Crippen LogP contribution in [0.25, 0.3) is 0 Å². The van der Waals surface area contributed by atoms with Crippen molar-refractivity contribution in [3.63, 3.8) is 0 Å². The van der Waals surface area contributed by atoms with Gasteiger partial charge in [0.25, 0.3) is 0 Å². The molecule has 20 heavy (non-hydrogen) atoms.